The molecule has 0 aliphatic heterocycles. The summed E-state index contributed by atoms with van der Waals surface area (Å²) in [4.78, 5) is 0. The second kappa shape index (κ2) is 19.2. The van der Waals surface area contributed by atoms with Gasteiger partial charge in [-0.25, -0.2) is 8.42 Å². The van der Waals surface area contributed by atoms with Crippen LogP contribution in [0.5, 0.6) is 0 Å². The van der Waals surface area contributed by atoms with Crippen molar-refractivity contribution < 1.29 is 47.6 Å². The maximum atomic E-state index is 11.0. The minimum absolute atomic E-state index is 0. The van der Waals surface area contributed by atoms with Gasteiger partial charge in [0, 0.05) is 5.25 Å². The Morgan fingerprint density at radius 3 is 1.31 bits per heavy atom. The molecule has 0 fully saturated rings. The molecule has 0 amide bonds. The molecule has 152 valence electrons. The average molecular weight is 401 g/mol. The largest absolute Gasteiger partial charge is 1.00 e. The van der Waals surface area contributed by atoms with Crippen molar-refractivity contribution in [3.63, 3.8) is 0 Å². The van der Waals surface area contributed by atoms with Gasteiger partial charge in [0.25, 0.3) is 0 Å². The van der Waals surface area contributed by atoms with Crippen LogP contribution < -0.4 is 29.6 Å². The fourth-order valence-corrected chi connectivity index (χ4v) is 4.17. The van der Waals surface area contributed by atoms with Crippen LogP contribution in [0.1, 0.15) is 117 Å². The van der Waals surface area contributed by atoms with E-state index in [1.165, 1.54) is 57.8 Å². The number of hydrogen-bond acceptors (Lipinski definition) is 4. The molecule has 6 heteroatoms. The van der Waals surface area contributed by atoms with E-state index in [1.807, 2.05) is 6.92 Å². The normalized spacial score (nSPS) is 14.0. The van der Waals surface area contributed by atoms with Crippen LogP contribution >= 0.6 is 0 Å². The first-order valence-corrected chi connectivity index (χ1v) is 12.0. The number of aliphatic hydroxyl groups excluding tert-OH is 1. The van der Waals surface area contributed by atoms with Crippen molar-refractivity contribution in [2.45, 2.75) is 128 Å². The van der Waals surface area contributed by atoms with Gasteiger partial charge in [-0.1, -0.05) is 90.4 Å². The summed E-state index contributed by atoms with van der Waals surface area (Å²) in [7, 11) is -4.10. The van der Waals surface area contributed by atoms with Crippen LogP contribution in [0.2, 0.25) is 0 Å². The fraction of sp³-hybridized carbons (Fsp3) is 1.00. The van der Waals surface area contributed by atoms with E-state index in [2.05, 4.69) is 0 Å². The third-order valence-electron chi connectivity index (χ3n) is 5.01. The molecule has 0 rings (SSSR count). The number of unbranched alkanes of at least 4 members (excludes halogenated alkanes) is 12. The first kappa shape index (κ1) is 29.1. The Morgan fingerprint density at radius 1 is 0.731 bits per heavy atom. The average Bonchev–Trinajstić information content (AvgIpc) is 2.53. The third kappa shape index (κ3) is 19.6. The standard InChI is InChI=1S/C20H42O4S.Na/c1-3-20(25(22,23)24)18-16-14-12-10-8-6-4-5-7-9-11-13-15-17-19(2)21;/h19-21H,3-18H2,1-2H3,(H,22,23,24);/q;+1/p-1. The molecule has 0 saturated carbocycles. The Labute approximate surface area is 185 Å². The molecule has 4 nitrogen and oxygen atoms in total. The summed E-state index contributed by atoms with van der Waals surface area (Å²) < 4.78 is 33.0. The van der Waals surface area contributed by atoms with E-state index < -0.39 is 15.4 Å². The molecule has 2 unspecified atom stereocenters. The van der Waals surface area contributed by atoms with Gasteiger partial charge in [-0.2, -0.15) is 0 Å². The Morgan fingerprint density at radius 2 is 1.04 bits per heavy atom. The van der Waals surface area contributed by atoms with E-state index in [-0.39, 0.29) is 35.7 Å². The second-order valence-corrected chi connectivity index (χ2v) is 9.20. The smallest absolute Gasteiger partial charge is 0.748 e. The SMILES string of the molecule is CCC(CCCCCCCCCCCCCCCC(C)O)S(=O)(=O)[O-].[Na+]. The predicted octanol–water partition coefficient (Wildman–Crippen LogP) is 2.55. The van der Waals surface area contributed by atoms with Crippen molar-refractivity contribution in [2.24, 2.45) is 0 Å². The molecule has 2 atom stereocenters. The van der Waals surface area contributed by atoms with Crippen LogP contribution in [-0.4, -0.2) is 29.4 Å². The van der Waals surface area contributed by atoms with Crippen LogP contribution in [0.25, 0.3) is 0 Å². The van der Waals surface area contributed by atoms with E-state index in [1.54, 1.807) is 6.92 Å². The zero-order chi connectivity index (χ0) is 19.0. The molecule has 1 N–H and O–H groups in total. The summed E-state index contributed by atoms with van der Waals surface area (Å²) in [6.45, 7) is 3.63. The maximum absolute atomic E-state index is 11.0. The summed E-state index contributed by atoms with van der Waals surface area (Å²) in [5.74, 6) is 0. The Balaban J connectivity index is 0. The van der Waals surface area contributed by atoms with Crippen molar-refractivity contribution in [2.75, 3.05) is 0 Å². The first-order chi connectivity index (χ1) is 11.9. The van der Waals surface area contributed by atoms with Gasteiger partial charge in [-0.15, -0.1) is 0 Å². The van der Waals surface area contributed by atoms with Crippen LogP contribution in [0, 0.1) is 0 Å². The van der Waals surface area contributed by atoms with Gasteiger partial charge in [0.05, 0.1) is 16.2 Å². The van der Waals surface area contributed by atoms with Gasteiger partial charge >= 0.3 is 29.6 Å². The monoisotopic (exact) mass is 400 g/mol. The van der Waals surface area contributed by atoms with Crippen molar-refractivity contribution >= 4 is 10.1 Å². The number of aliphatic hydroxyl groups is 1. The quantitative estimate of drug-likeness (QED) is 0.218. The first-order valence-electron chi connectivity index (χ1n) is 10.5. The minimum Gasteiger partial charge on any atom is -0.748 e. The van der Waals surface area contributed by atoms with E-state index >= 15 is 0 Å². The number of rotatable bonds is 18. The predicted molar refractivity (Wildman–Crippen MR) is 105 cm³/mol. The summed E-state index contributed by atoms with van der Waals surface area (Å²) in [5, 5.41) is 8.49. The minimum atomic E-state index is -4.10. The van der Waals surface area contributed by atoms with Crippen LogP contribution in [0.15, 0.2) is 0 Å². The van der Waals surface area contributed by atoms with Crippen molar-refractivity contribution in [3.05, 3.63) is 0 Å². The molecular weight excluding hydrogens is 359 g/mol. The van der Waals surface area contributed by atoms with Gasteiger partial charge in [-0.05, 0) is 26.2 Å². The number of hydrogen-bond donors (Lipinski definition) is 1. The fourth-order valence-electron chi connectivity index (χ4n) is 3.31. The van der Waals surface area contributed by atoms with Crippen LogP contribution in [0.4, 0.5) is 0 Å². The Bertz CT molecular complexity index is 385. The van der Waals surface area contributed by atoms with Gasteiger partial charge in [0.1, 0.15) is 0 Å². The van der Waals surface area contributed by atoms with Gasteiger partial charge in [-0.3, -0.25) is 0 Å². The third-order valence-corrected chi connectivity index (χ3v) is 6.40. The van der Waals surface area contributed by atoms with Crippen molar-refractivity contribution in [1.82, 2.24) is 0 Å². The van der Waals surface area contributed by atoms with E-state index in [9.17, 15) is 18.1 Å². The molecule has 0 saturated heterocycles. The zero-order valence-corrected chi connectivity index (χ0v) is 20.4. The molecule has 0 heterocycles. The molecule has 0 bridgehead atoms. The summed E-state index contributed by atoms with van der Waals surface area (Å²) in [5.41, 5.74) is 0. The zero-order valence-electron chi connectivity index (χ0n) is 17.5. The molecule has 0 aliphatic rings. The van der Waals surface area contributed by atoms with Gasteiger partial charge < -0.3 is 9.66 Å². The topological polar surface area (TPSA) is 77.4 Å². The molecule has 0 radical (unpaired) electrons. The Hall–Kier alpha value is 0.870. The molecule has 0 aromatic heterocycles. The van der Waals surface area contributed by atoms with Crippen LogP contribution in [0.3, 0.4) is 0 Å². The van der Waals surface area contributed by atoms with Crippen LogP contribution in [-0.2, 0) is 10.1 Å². The van der Waals surface area contributed by atoms with Gasteiger partial charge in [0.15, 0.2) is 0 Å². The second-order valence-electron chi connectivity index (χ2n) is 7.55. The van der Waals surface area contributed by atoms with Crippen molar-refractivity contribution in [3.8, 4) is 0 Å². The summed E-state index contributed by atoms with van der Waals surface area (Å²) in [6, 6.07) is 0. The van der Waals surface area contributed by atoms with E-state index in [0.717, 1.165) is 32.1 Å². The van der Waals surface area contributed by atoms with Crippen molar-refractivity contribution in [1.29, 1.82) is 0 Å². The molecule has 0 aromatic carbocycles. The molecule has 0 spiro atoms. The molecule has 0 aliphatic carbocycles. The van der Waals surface area contributed by atoms with Gasteiger partial charge in [0.2, 0.25) is 0 Å². The van der Waals surface area contributed by atoms with E-state index in [4.69, 9.17) is 0 Å². The maximum Gasteiger partial charge on any atom is 1.00 e. The molecule has 0 aromatic rings. The Kier molecular flexibility index (Phi) is 21.5. The van der Waals surface area contributed by atoms with E-state index in [0.29, 0.717) is 12.8 Å². The molecule has 26 heavy (non-hydrogen) atoms. The summed E-state index contributed by atoms with van der Waals surface area (Å²) >= 11 is 0. The summed E-state index contributed by atoms with van der Waals surface area (Å²) in [6.07, 6.45) is 17.6. The molecular formula is C20H41NaO4S.